The van der Waals surface area contributed by atoms with E-state index >= 15 is 0 Å². The molecule has 0 aromatic rings. The van der Waals surface area contributed by atoms with Crippen molar-refractivity contribution in [2.75, 3.05) is 40.4 Å². The van der Waals surface area contributed by atoms with Crippen LogP contribution in [-0.2, 0) is 4.74 Å². The number of hydrogen-bond acceptors (Lipinski definition) is 3. The van der Waals surface area contributed by atoms with E-state index in [1.165, 1.54) is 38.8 Å². The third kappa shape index (κ3) is 3.19. The molecule has 0 aromatic carbocycles. The first-order valence-corrected chi connectivity index (χ1v) is 6.73. The zero-order valence-corrected chi connectivity index (χ0v) is 10.7. The predicted octanol–water partition coefficient (Wildman–Crippen LogP) is 1.34. The molecule has 2 atom stereocenters. The number of ether oxygens (including phenoxy) is 1. The van der Waals surface area contributed by atoms with Gasteiger partial charge in [-0.2, -0.15) is 0 Å². The first kappa shape index (κ1) is 12.3. The summed E-state index contributed by atoms with van der Waals surface area (Å²) in [5, 5.41) is 3.36. The molecule has 3 heteroatoms. The Balaban J connectivity index is 1.71. The molecule has 2 unspecified atom stereocenters. The summed E-state index contributed by atoms with van der Waals surface area (Å²) < 4.78 is 5.54. The Hall–Kier alpha value is -0.120. The standard InChI is InChI=1S/C13H26N2O/c1-14-13-10-16-9-12(13)8-15(2)7-11-5-3-4-6-11/h11-14H,3-10H2,1-2H3. The first-order chi connectivity index (χ1) is 7.79. The van der Waals surface area contributed by atoms with Crippen LogP contribution in [0.2, 0.25) is 0 Å². The maximum atomic E-state index is 5.54. The third-order valence-electron chi connectivity index (χ3n) is 4.16. The Bertz CT molecular complexity index is 204. The van der Waals surface area contributed by atoms with Gasteiger partial charge in [0, 0.05) is 25.0 Å². The fourth-order valence-corrected chi connectivity index (χ4v) is 3.21. The molecule has 1 heterocycles. The van der Waals surface area contributed by atoms with Gasteiger partial charge >= 0.3 is 0 Å². The second kappa shape index (κ2) is 5.99. The van der Waals surface area contributed by atoms with E-state index in [-0.39, 0.29) is 0 Å². The summed E-state index contributed by atoms with van der Waals surface area (Å²) in [7, 11) is 4.31. The highest BCUT2D eigenvalue weighted by molar-refractivity contribution is 4.82. The average Bonchev–Trinajstić information content (AvgIpc) is 2.88. The Morgan fingerprint density at radius 3 is 2.62 bits per heavy atom. The van der Waals surface area contributed by atoms with Crippen LogP contribution in [0.25, 0.3) is 0 Å². The van der Waals surface area contributed by atoms with E-state index < -0.39 is 0 Å². The van der Waals surface area contributed by atoms with Crippen LogP contribution in [0.4, 0.5) is 0 Å². The quantitative estimate of drug-likeness (QED) is 0.766. The van der Waals surface area contributed by atoms with Gasteiger partial charge in [-0.05, 0) is 32.9 Å². The van der Waals surface area contributed by atoms with Gasteiger partial charge in [0.1, 0.15) is 0 Å². The van der Waals surface area contributed by atoms with E-state index in [1.807, 2.05) is 7.05 Å². The van der Waals surface area contributed by atoms with Crippen molar-refractivity contribution in [1.82, 2.24) is 10.2 Å². The summed E-state index contributed by atoms with van der Waals surface area (Å²) >= 11 is 0. The van der Waals surface area contributed by atoms with Crippen molar-refractivity contribution in [2.45, 2.75) is 31.7 Å². The van der Waals surface area contributed by atoms with Crippen LogP contribution in [0.5, 0.6) is 0 Å². The second-order valence-corrected chi connectivity index (χ2v) is 5.56. The summed E-state index contributed by atoms with van der Waals surface area (Å²) in [6.45, 7) is 4.29. The minimum absolute atomic E-state index is 0.561. The van der Waals surface area contributed by atoms with Crippen LogP contribution in [0.1, 0.15) is 25.7 Å². The average molecular weight is 226 g/mol. The number of rotatable bonds is 5. The Labute approximate surface area is 99.5 Å². The molecule has 1 aliphatic heterocycles. The van der Waals surface area contributed by atoms with Crippen molar-refractivity contribution < 1.29 is 4.74 Å². The third-order valence-corrected chi connectivity index (χ3v) is 4.16. The molecule has 0 aromatic heterocycles. The van der Waals surface area contributed by atoms with E-state index in [2.05, 4.69) is 17.3 Å². The Morgan fingerprint density at radius 1 is 1.19 bits per heavy atom. The molecule has 2 fully saturated rings. The lowest BCUT2D eigenvalue weighted by molar-refractivity contribution is 0.169. The van der Waals surface area contributed by atoms with Crippen molar-refractivity contribution in [3.8, 4) is 0 Å². The highest BCUT2D eigenvalue weighted by Gasteiger charge is 2.28. The van der Waals surface area contributed by atoms with Crippen LogP contribution >= 0.6 is 0 Å². The molecular weight excluding hydrogens is 200 g/mol. The molecule has 2 aliphatic rings. The molecule has 1 saturated heterocycles. The number of nitrogens with zero attached hydrogens (tertiary/aromatic N) is 1. The van der Waals surface area contributed by atoms with Gasteiger partial charge in [-0.3, -0.25) is 0 Å². The predicted molar refractivity (Wildman–Crippen MR) is 66.6 cm³/mol. The molecule has 3 nitrogen and oxygen atoms in total. The van der Waals surface area contributed by atoms with Crippen molar-refractivity contribution >= 4 is 0 Å². The fraction of sp³-hybridized carbons (Fsp3) is 1.00. The van der Waals surface area contributed by atoms with Gasteiger partial charge in [-0.25, -0.2) is 0 Å². The summed E-state index contributed by atoms with van der Waals surface area (Å²) in [4.78, 5) is 2.51. The SMILES string of the molecule is CNC1COCC1CN(C)CC1CCCC1. The highest BCUT2D eigenvalue weighted by atomic mass is 16.5. The number of likely N-dealkylation sites (N-methyl/N-ethyl adjacent to an activating group) is 1. The van der Waals surface area contributed by atoms with Crippen LogP contribution in [0, 0.1) is 11.8 Å². The van der Waals surface area contributed by atoms with E-state index in [0.29, 0.717) is 12.0 Å². The summed E-state index contributed by atoms with van der Waals surface area (Å²) in [6, 6.07) is 0.561. The first-order valence-electron chi connectivity index (χ1n) is 6.73. The summed E-state index contributed by atoms with van der Waals surface area (Å²) in [5.74, 6) is 1.64. The van der Waals surface area contributed by atoms with E-state index in [9.17, 15) is 0 Å². The molecule has 0 bridgehead atoms. The minimum atomic E-state index is 0.561. The van der Waals surface area contributed by atoms with Crippen molar-refractivity contribution in [3.63, 3.8) is 0 Å². The zero-order chi connectivity index (χ0) is 11.4. The lowest BCUT2D eigenvalue weighted by atomic mass is 10.0. The van der Waals surface area contributed by atoms with Crippen molar-refractivity contribution in [2.24, 2.45) is 11.8 Å². The van der Waals surface area contributed by atoms with Gasteiger partial charge in [0.2, 0.25) is 0 Å². The van der Waals surface area contributed by atoms with Crippen molar-refractivity contribution in [3.05, 3.63) is 0 Å². The van der Waals surface area contributed by atoms with Gasteiger partial charge in [0.25, 0.3) is 0 Å². The molecule has 16 heavy (non-hydrogen) atoms. The topological polar surface area (TPSA) is 24.5 Å². The Kier molecular flexibility index (Phi) is 4.62. The fourth-order valence-electron chi connectivity index (χ4n) is 3.21. The molecule has 0 spiro atoms. The molecule has 94 valence electrons. The molecule has 1 N–H and O–H groups in total. The smallest absolute Gasteiger partial charge is 0.0623 e. The molecule has 0 amide bonds. The maximum absolute atomic E-state index is 5.54. The molecule has 0 radical (unpaired) electrons. The van der Waals surface area contributed by atoms with Gasteiger partial charge < -0.3 is 15.0 Å². The van der Waals surface area contributed by atoms with Crippen LogP contribution < -0.4 is 5.32 Å². The lowest BCUT2D eigenvalue weighted by Gasteiger charge is -2.26. The van der Waals surface area contributed by atoms with E-state index in [0.717, 1.165) is 19.1 Å². The number of nitrogens with one attached hydrogen (secondary N) is 1. The molecule has 1 saturated carbocycles. The normalized spacial score (nSPS) is 31.7. The second-order valence-electron chi connectivity index (χ2n) is 5.56. The zero-order valence-electron chi connectivity index (χ0n) is 10.7. The molecule has 1 aliphatic carbocycles. The van der Waals surface area contributed by atoms with Crippen LogP contribution in [0.15, 0.2) is 0 Å². The van der Waals surface area contributed by atoms with Gasteiger partial charge in [-0.1, -0.05) is 12.8 Å². The minimum Gasteiger partial charge on any atom is -0.379 e. The van der Waals surface area contributed by atoms with E-state index in [4.69, 9.17) is 4.74 Å². The maximum Gasteiger partial charge on any atom is 0.0623 e. The highest BCUT2D eigenvalue weighted by Crippen LogP contribution is 2.25. The van der Waals surface area contributed by atoms with Gasteiger partial charge in [0.05, 0.1) is 13.2 Å². The molecular formula is C13H26N2O. The lowest BCUT2D eigenvalue weighted by Crippen LogP contribution is -2.40. The Morgan fingerprint density at radius 2 is 1.94 bits per heavy atom. The summed E-state index contributed by atoms with van der Waals surface area (Å²) in [6.07, 6.45) is 5.79. The van der Waals surface area contributed by atoms with Gasteiger partial charge in [-0.15, -0.1) is 0 Å². The van der Waals surface area contributed by atoms with Crippen LogP contribution in [-0.4, -0.2) is 51.3 Å². The monoisotopic (exact) mass is 226 g/mol. The van der Waals surface area contributed by atoms with Crippen molar-refractivity contribution in [1.29, 1.82) is 0 Å². The van der Waals surface area contributed by atoms with Crippen LogP contribution in [0.3, 0.4) is 0 Å². The van der Waals surface area contributed by atoms with E-state index in [1.54, 1.807) is 0 Å². The number of hydrogen-bond donors (Lipinski definition) is 1. The van der Waals surface area contributed by atoms with Gasteiger partial charge in [0.15, 0.2) is 0 Å². The summed E-state index contributed by atoms with van der Waals surface area (Å²) in [5.41, 5.74) is 0. The largest absolute Gasteiger partial charge is 0.379 e. The molecule has 2 rings (SSSR count).